The van der Waals surface area contributed by atoms with E-state index < -0.39 is 22.6 Å². The van der Waals surface area contributed by atoms with E-state index in [2.05, 4.69) is 6.58 Å². The average molecular weight is 296 g/mol. The summed E-state index contributed by atoms with van der Waals surface area (Å²) in [6, 6.07) is 0. The number of esters is 2. The summed E-state index contributed by atoms with van der Waals surface area (Å²) in [4.78, 5) is 24.2. The third kappa shape index (κ3) is 3.86. The van der Waals surface area contributed by atoms with Crippen molar-refractivity contribution < 1.29 is 19.1 Å². The van der Waals surface area contributed by atoms with Crippen LogP contribution < -0.4 is 0 Å². The Hall–Kier alpha value is -1.32. The van der Waals surface area contributed by atoms with E-state index in [4.69, 9.17) is 9.47 Å². The van der Waals surface area contributed by atoms with E-state index in [0.717, 1.165) is 12.8 Å². The third-order valence-corrected chi connectivity index (χ3v) is 4.11. The van der Waals surface area contributed by atoms with Crippen molar-refractivity contribution >= 4 is 11.9 Å². The van der Waals surface area contributed by atoms with E-state index in [1.54, 1.807) is 6.92 Å². The molecule has 0 spiro atoms. The molecular weight excluding hydrogens is 268 g/mol. The molecule has 4 nitrogen and oxygen atoms in total. The molecule has 0 heterocycles. The van der Waals surface area contributed by atoms with Crippen molar-refractivity contribution in [2.75, 3.05) is 0 Å². The number of carbonyl (C=O) groups is 2. The first-order chi connectivity index (χ1) is 9.41. The molecule has 0 N–H and O–H groups in total. The Balaban J connectivity index is 3.00. The predicted octanol–water partition coefficient (Wildman–Crippen LogP) is 3.79. The van der Waals surface area contributed by atoms with Crippen LogP contribution in [0.4, 0.5) is 0 Å². The number of ether oxygens (including phenoxy) is 2. The van der Waals surface area contributed by atoms with Gasteiger partial charge in [-0.2, -0.15) is 0 Å². The Kier molecular flexibility index (Phi) is 4.91. The molecule has 0 aliphatic heterocycles. The van der Waals surface area contributed by atoms with Crippen molar-refractivity contribution in [2.24, 2.45) is 5.41 Å². The highest BCUT2D eigenvalue weighted by Gasteiger charge is 2.53. The molecule has 0 unspecified atom stereocenters. The van der Waals surface area contributed by atoms with Crippen molar-refractivity contribution in [1.29, 1.82) is 0 Å². The zero-order chi connectivity index (χ0) is 16.5. The van der Waals surface area contributed by atoms with Crippen LogP contribution in [0.5, 0.6) is 0 Å². The molecule has 1 rings (SSSR count). The summed E-state index contributed by atoms with van der Waals surface area (Å²) in [6.45, 7) is 14.3. The first kappa shape index (κ1) is 17.7. The van der Waals surface area contributed by atoms with Crippen molar-refractivity contribution in [2.45, 2.75) is 78.4 Å². The molecule has 0 aromatic heterocycles. The minimum atomic E-state index is -0.862. The van der Waals surface area contributed by atoms with Gasteiger partial charge in [0.25, 0.3) is 0 Å². The van der Waals surface area contributed by atoms with E-state index in [-0.39, 0.29) is 5.97 Å². The van der Waals surface area contributed by atoms with E-state index in [1.807, 2.05) is 34.6 Å². The van der Waals surface area contributed by atoms with Gasteiger partial charge in [-0.25, -0.2) is 4.79 Å². The smallest absolute Gasteiger partial charge is 0.333 e. The van der Waals surface area contributed by atoms with Crippen LogP contribution in [-0.2, 0) is 19.1 Å². The summed E-state index contributed by atoms with van der Waals surface area (Å²) in [5.74, 6) is -0.707. The fourth-order valence-corrected chi connectivity index (χ4v) is 2.52. The number of hydrogen-bond donors (Lipinski definition) is 0. The Bertz CT molecular complexity index is 434. The van der Waals surface area contributed by atoms with E-state index in [9.17, 15) is 9.59 Å². The quantitative estimate of drug-likeness (QED) is 0.585. The fourth-order valence-electron chi connectivity index (χ4n) is 2.52. The Morgan fingerprint density at radius 3 is 1.90 bits per heavy atom. The van der Waals surface area contributed by atoms with Gasteiger partial charge < -0.3 is 9.47 Å². The van der Waals surface area contributed by atoms with Gasteiger partial charge in [0.1, 0.15) is 5.60 Å². The second kappa shape index (κ2) is 5.82. The van der Waals surface area contributed by atoms with Crippen LogP contribution in [0.1, 0.15) is 67.2 Å². The van der Waals surface area contributed by atoms with Gasteiger partial charge in [0.2, 0.25) is 0 Å². The Labute approximate surface area is 127 Å². The zero-order valence-electron chi connectivity index (χ0n) is 14.2. The van der Waals surface area contributed by atoms with Gasteiger partial charge in [-0.3, -0.25) is 4.79 Å². The van der Waals surface area contributed by atoms with Gasteiger partial charge in [-0.05, 0) is 67.2 Å². The number of carbonyl (C=O) groups excluding carboxylic acids is 2. The lowest BCUT2D eigenvalue weighted by Crippen LogP contribution is -2.55. The number of hydrogen-bond acceptors (Lipinski definition) is 4. The minimum Gasteiger partial charge on any atom is -0.455 e. The van der Waals surface area contributed by atoms with Crippen molar-refractivity contribution in [3.8, 4) is 0 Å². The topological polar surface area (TPSA) is 52.6 Å². The summed E-state index contributed by atoms with van der Waals surface area (Å²) in [6.07, 6.45) is 3.33. The van der Waals surface area contributed by atoms with E-state index in [1.165, 1.54) is 0 Å². The zero-order valence-corrected chi connectivity index (χ0v) is 14.2. The highest BCUT2D eigenvalue weighted by atomic mass is 16.6. The maximum Gasteiger partial charge on any atom is 0.333 e. The first-order valence-electron chi connectivity index (χ1n) is 7.54. The second-order valence-electron chi connectivity index (χ2n) is 7.52. The van der Waals surface area contributed by atoms with Crippen LogP contribution in [0.15, 0.2) is 12.2 Å². The molecule has 21 heavy (non-hydrogen) atoms. The summed E-state index contributed by atoms with van der Waals surface area (Å²) in [5, 5.41) is 0. The van der Waals surface area contributed by atoms with Crippen LogP contribution in [0, 0.1) is 5.41 Å². The molecule has 0 radical (unpaired) electrons. The van der Waals surface area contributed by atoms with Crippen molar-refractivity contribution in [1.82, 2.24) is 0 Å². The highest BCUT2D eigenvalue weighted by molar-refractivity contribution is 5.87. The van der Waals surface area contributed by atoms with Gasteiger partial charge in [0.15, 0.2) is 5.60 Å². The van der Waals surface area contributed by atoms with Crippen LogP contribution in [-0.4, -0.2) is 23.1 Å². The van der Waals surface area contributed by atoms with E-state index in [0.29, 0.717) is 18.4 Å². The number of rotatable bonds is 4. The van der Waals surface area contributed by atoms with Gasteiger partial charge in [-0.1, -0.05) is 6.58 Å². The molecule has 1 aliphatic rings. The molecule has 0 atom stereocenters. The highest BCUT2D eigenvalue weighted by Crippen LogP contribution is 2.44. The second-order valence-corrected chi connectivity index (χ2v) is 7.52. The molecule has 1 saturated carbocycles. The minimum absolute atomic E-state index is 0.287. The van der Waals surface area contributed by atoms with Gasteiger partial charge in [-0.15, -0.1) is 0 Å². The molecule has 0 aromatic rings. The molecule has 120 valence electrons. The first-order valence-corrected chi connectivity index (χ1v) is 7.54. The fraction of sp³-hybridized carbons (Fsp3) is 0.765. The lowest BCUT2D eigenvalue weighted by molar-refractivity contribution is -0.208. The standard InChI is InChI=1S/C17H28O4/c1-12(2)13(18)20-17(10-8-9-11-17)16(6,7)21-14(19)15(3,4)5/h1,8-11H2,2-7H3. The Morgan fingerprint density at radius 1 is 1.05 bits per heavy atom. The lowest BCUT2D eigenvalue weighted by Gasteiger charge is -2.43. The maximum atomic E-state index is 12.2. The lowest BCUT2D eigenvalue weighted by atomic mass is 9.83. The van der Waals surface area contributed by atoms with Gasteiger partial charge in [0, 0.05) is 5.57 Å². The summed E-state index contributed by atoms with van der Waals surface area (Å²) in [5.41, 5.74) is -1.85. The molecule has 1 fully saturated rings. The van der Waals surface area contributed by atoms with Crippen molar-refractivity contribution in [3.63, 3.8) is 0 Å². The van der Waals surface area contributed by atoms with Crippen LogP contribution >= 0.6 is 0 Å². The largest absolute Gasteiger partial charge is 0.455 e. The van der Waals surface area contributed by atoms with Gasteiger partial charge in [0.05, 0.1) is 5.41 Å². The van der Waals surface area contributed by atoms with Crippen molar-refractivity contribution in [3.05, 3.63) is 12.2 Å². The molecule has 0 saturated heterocycles. The SMILES string of the molecule is C=C(C)C(=O)OC1(C(C)(C)OC(=O)C(C)(C)C)CCCC1. The monoisotopic (exact) mass is 296 g/mol. The molecule has 0 bridgehead atoms. The molecule has 0 amide bonds. The van der Waals surface area contributed by atoms with E-state index >= 15 is 0 Å². The molecule has 1 aliphatic carbocycles. The summed E-state index contributed by atoms with van der Waals surface area (Å²) >= 11 is 0. The normalized spacial score (nSPS) is 18.2. The Morgan fingerprint density at radius 2 is 1.52 bits per heavy atom. The van der Waals surface area contributed by atoms with Crippen LogP contribution in [0.3, 0.4) is 0 Å². The van der Waals surface area contributed by atoms with Gasteiger partial charge >= 0.3 is 11.9 Å². The third-order valence-electron chi connectivity index (χ3n) is 4.11. The summed E-state index contributed by atoms with van der Waals surface area (Å²) in [7, 11) is 0. The molecule has 0 aromatic carbocycles. The average Bonchev–Trinajstić information content (AvgIpc) is 2.77. The molecule has 4 heteroatoms. The maximum absolute atomic E-state index is 12.2. The summed E-state index contributed by atoms with van der Waals surface area (Å²) < 4.78 is 11.4. The van der Waals surface area contributed by atoms with Crippen LogP contribution in [0.2, 0.25) is 0 Å². The van der Waals surface area contributed by atoms with Crippen LogP contribution in [0.25, 0.3) is 0 Å². The molecular formula is C17H28O4. The predicted molar refractivity (Wildman–Crippen MR) is 81.7 cm³/mol.